The highest BCUT2D eigenvalue weighted by Crippen LogP contribution is 2.39. The van der Waals surface area contributed by atoms with Gasteiger partial charge in [-0.05, 0) is 61.9 Å². The van der Waals surface area contributed by atoms with Crippen LogP contribution in [0.3, 0.4) is 0 Å². The van der Waals surface area contributed by atoms with Gasteiger partial charge < -0.3 is 5.32 Å². The molecule has 214 valence electrons. The number of nitrogens with one attached hydrogen (secondary N) is 1. The van der Waals surface area contributed by atoms with Crippen molar-refractivity contribution in [1.29, 1.82) is 0 Å². The third kappa shape index (κ3) is 5.11. The van der Waals surface area contributed by atoms with E-state index in [-0.39, 0.29) is 11.6 Å². The normalized spacial score (nSPS) is 18.9. The second-order valence-corrected chi connectivity index (χ2v) is 11.9. The van der Waals surface area contributed by atoms with E-state index in [4.69, 9.17) is 21.6 Å². The van der Waals surface area contributed by atoms with Crippen molar-refractivity contribution in [3.63, 3.8) is 0 Å². The molecule has 10 nitrogen and oxygen atoms in total. The van der Waals surface area contributed by atoms with Gasteiger partial charge in [-0.25, -0.2) is 9.67 Å². The number of hydrogen-bond acceptors (Lipinski definition) is 7. The summed E-state index contributed by atoms with van der Waals surface area (Å²) in [6.07, 6.45) is 12.3. The first kappa shape index (κ1) is 26.6. The van der Waals surface area contributed by atoms with Crippen molar-refractivity contribution in [2.24, 2.45) is 13.0 Å². The fourth-order valence-electron chi connectivity index (χ4n) is 5.83. The Kier molecular flexibility index (Phi) is 6.85. The minimum absolute atomic E-state index is 0.150. The van der Waals surface area contributed by atoms with Crippen molar-refractivity contribution >= 4 is 17.3 Å². The molecule has 5 heterocycles. The molecule has 1 N–H and O–H groups in total. The lowest BCUT2D eigenvalue weighted by molar-refractivity contribution is 0.443. The molecule has 1 fully saturated rings. The van der Waals surface area contributed by atoms with Crippen LogP contribution in [-0.2, 0) is 7.05 Å². The number of benzene rings is 1. The quantitative estimate of drug-likeness (QED) is 0.293. The Bertz CT molecular complexity index is 1820. The zero-order valence-corrected chi connectivity index (χ0v) is 24.4. The summed E-state index contributed by atoms with van der Waals surface area (Å²) in [5.41, 5.74) is 6.69. The summed E-state index contributed by atoms with van der Waals surface area (Å²) < 4.78 is 5.33. The van der Waals surface area contributed by atoms with Crippen LogP contribution in [0, 0.1) is 5.92 Å². The van der Waals surface area contributed by atoms with Gasteiger partial charge in [-0.1, -0.05) is 30.2 Å². The van der Waals surface area contributed by atoms with Gasteiger partial charge in [0.25, 0.3) is 5.56 Å². The number of nitrogens with zero attached hydrogens (tertiary/aromatic N) is 8. The van der Waals surface area contributed by atoms with Crippen LogP contribution in [0.2, 0.25) is 5.02 Å². The predicted octanol–water partition coefficient (Wildman–Crippen LogP) is 5.64. The van der Waals surface area contributed by atoms with Gasteiger partial charge in [-0.15, -0.1) is 5.10 Å². The molecule has 0 saturated heterocycles. The van der Waals surface area contributed by atoms with E-state index >= 15 is 0 Å². The van der Waals surface area contributed by atoms with Crippen molar-refractivity contribution in [2.75, 3.05) is 11.9 Å². The number of fused-ring (bicyclic) bond motifs is 4. The van der Waals surface area contributed by atoms with Crippen molar-refractivity contribution in [2.45, 2.75) is 51.0 Å². The molecule has 0 amide bonds. The van der Waals surface area contributed by atoms with Gasteiger partial charge in [-0.3, -0.25) is 19.0 Å². The molecule has 5 aromatic rings. The van der Waals surface area contributed by atoms with E-state index < -0.39 is 0 Å². The summed E-state index contributed by atoms with van der Waals surface area (Å²) in [6, 6.07) is 10.9. The highest BCUT2D eigenvalue weighted by Gasteiger charge is 2.27. The lowest BCUT2D eigenvalue weighted by Crippen LogP contribution is -2.26. The van der Waals surface area contributed by atoms with E-state index in [1.54, 1.807) is 21.6 Å². The van der Waals surface area contributed by atoms with Crippen LogP contribution in [0.1, 0.15) is 62.4 Å². The van der Waals surface area contributed by atoms with Gasteiger partial charge in [0.15, 0.2) is 0 Å². The number of aromatic nitrogens is 8. The SMILES string of the molecule is C[C@@H]1CCC[C@H](n2cnc(-c3cc(Cl)ccc3-n3cc(C4CC4)nn3)cc2=O)c2cc(ccn2)-c2c(cnn2C)NC1. The average molecular weight is 582 g/mol. The van der Waals surface area contributed by atoms with Crippen LogP contribution >= 0.6 is 11.6 Å². The minimum atomic E-state index is -0.259. The van der Waals surface area contributed by atoms with Crippen molar-refractivity contribution < 1.29 is 0 Å². The van der Waals surface area contributed by atoms with Crippen molar-refractivity contribution in [1.82, 2.24) is 39.3 Å². The molecule has 1 aliphatic carbocycles. The number of halogens is 1. The largest absolute Gasteiger partial charge is 0.382 e. The highest BCUT2D eigenvalue weighted by molar-refractivity contribution is 6.31. The Labute approximate surface area is 248 Å². The molecule has 1 aromatic carbocycles. The summed E-state index contributed by atoms with van der Waals surface area (Å²) in [5.74, 6) is 0.943. The number of hydrogen-bond donors (Lipinski definition) is 1. The molecule has 1 saturated carbocycles. The Morgan fingerprint density at radius 2 is 1.90 bits per heavy atom. The lowest BCUT2D eigenvalue weighted by atomic mass is 9.97. The van der Waals surface area contributed by atoms with Gasteiger partial charge in [0.1, 0.15) is 0 Å². The van der Waals surface area contributed by atoms with Crippen molar-refractivity contribution in [3.8, 4) is 28.2 Å². The van der Waals surface area contributed by atoms with Gasteiger partial charge >= 0.3 is 0 Å². The summed E-state index contributed by atoms with van der Waals surface area (Å²) in [4.78, 5) is 23.3. The number of pyridine rings is 1. The van der Waals surface area contributed by atoms with E-state index in [2.05, 4.69) is 33.7 Å². The molecular weight excluding hydrogens is 550 g/mol. The molecule has 0 spiro atoms. The highest BCUT2D eigenvalue weighted by atomic mass is 35.5. The first-order chi connectivity index (χ1) is 20.4. The fourth-order valence-corrected chi connectivity index (χ4v) is 6.00. The molecule has 4 aromatic heterocycles. The fraction of sp³-hybridized carbons (Fsp3) is 0.355. The standard InChI is InChI=1S/C31H32ClN9O/c1-19-4-3-5-29(25-12-21(10-11-33-25)31-26(34-15-19)16-36-39(31)2)40-18-35-24(14-30(40)42)23-13-22(32)8-9-28(23)41-17-27(37-38-41)20-6-7-20/h8-14,16-20,29,34H,3-7,15H2,1-2H3/t19-,29+/m1/s1. The second-order valence-electron chi connectivity index (χ2n) is 11.5. The molecule has 42 heavy (non-hydrogen) atoms. The molecule has 11 heteroatoms. The Morgan fingerprint density at radius 3 is 2.74 bits per heavy atom. The van der Waals surface area contributed by atoms with Gasteiger partial charge in [0, 0.05) is 47.9 Å². The van der Waals surface area contributed by atoms with Crippen LogP contribution in [0.15, 0.2) is 66.1 Å². The van der Waals surface area contributed by atoms with Crippen LogP contribution in [0.4, 0.5) is 5.69 Å². The van der Waals surface area contributed by atoms with E-state index in [9.17, 15) is 4.79 Å². The zero-order chi connectivity index (χ0) is 28.8. The number of rotatable bonds is 4. The van der Waals surface area contributed by atoms with Gasteiger partial charge in [0.05, 0.1) is 58.9 Å². The monoisotopic (exact) mass is 581 g/mol. The van der Waals surface area contributed by atoms with E-state index in [1.807, 2.05) is 54.6 Å². The molecule has 0 unspecified atom stereocenters. The third-order valence-electron chi connectivity index (χ3n) is 8.31. The summed E-state index contributed by atoms with van der Waals surface area (Å²) in [6.45, 7) is 3.10. The summed E-state index contributed by atoms with van der Waals surface area (Å²) in [5, 5.41) is 17.3. The molecule has 1 aliphatic heterocycles. The maximum absolute atomic E-state index is 13.8. The molecule has 2 bridgehead atoms. The van der Waals surface area contributed by atoms with Crippen LogP contribution < -0.4 is 10.9 Å². The number of aryl methyl sites for hydroxylation is 1. The molecule has 2 atom stereocenters. The predicted molar refractivity (Wildman–Crippen MR) is 162 cm³/mol. The van der Waals surface area contributed by atoms with Crippen LogP contribution in [0.25, 0.3) is 28.2 Å². The summed E-state index contributed by atoms with van der Waals surface area (Å²) in [7, 11) is 1.94. The van der Waals surface area contributed by atoms with Gasteiger partial charge in [-0.2, -0.15) is 5.10 Å². The molecular formula is C31H32ClN9O. The first-order valence-electron chi connectivity index (χ1n) is 14.5. The molecule has 0 radical (unpaired) electrons. The van der Waals surface area contributed by atoms with E-state index in [1.165, 1.54) is 0 Å². The van der Waals surface area contributed by atoms with Crippen LogP contribution in [-0.4, -0.2) is 45.9 Å². The Balaban J connectivity index is 1.28. The van der Waals surface area contributed by atoms with E-state index in [0.717, 1.165) is 78.2 Å². The molecule has 7 rings (SSSR count). The molecule has 2 aliphatic rings. The van der Waals surface area contributed by atoms with Crippen LogP contribution in [0.5, 0.6) is 0 Å². The lowest BCUT2D eigenvalue weighted by Gasteiger charge is -2.22. The minimum Gasteiger partial charge on any atom is -0.382 e. The third-order valence-corrected chi connectivity index (χ3v) is 8.55. The second kappa shape index (κ2) is 10.8. The van der Waals surface area contributed by atoms with Crippen molar-refractivity contribution in [3.05, 3.63) is 88.1 Å². The Hall–Kier alpha value is -4.31. The smallest absolute Gasteiger partial charge is 0.254 e. The zero-order valence-electron chi connectivity index (χ0n) is 23.6. The summed E-state index contributed by atoms with van der Waals surface area (Å²) >= 11 is 6.41. The average Bonchev–Trinajstić information content (AvgIpc) is 3.60. The Morgan fingerprint density at radius 1 is 1.02 bits per heavy atom. The maximum atomic E-state index is 13.8. The first-order valence-corrected chi connectivity index (χ1v) is 14.9. The van der Waals surface area contributed by atoms with Gasteiger partial charge in [0.2, 0.25) is 0 Å². The van der Waals surface area contributed by atoms with E-state index in [0.29, 0.717) is 22.6 Å². The topological polar surface area (TPSA) is 108 Å². The maximum Gasteiger partial charge on any atom is 0.254 e. The number of anilines is 1.